The molecule has 5 heteroatoms. The lowest BCUT2D eigenvalue weighted by molar-refractivity contribution is 0.0947. The highest BCUT2D eigenvalue weighted by Crippen LogP contribution is 2.19. The molecule has 1 aliphatic rings. The normalized spacial score (nSPS) is 17.1. The quantitative estimate of drug-likeness (QED) is 0.859. The van der Waals surface area contributed by atoms with Crippen LogP contribution in [0.1, 0.15) is 43.0 Å². The van der Waals surface area contributed by atoms with Crippen molar-refractivity contribution in [1.29, 1.82) is 0 Å². The van der Waals surface area contributed by atoms with Crippen LogP contribution in [-0.4, -0.2) is 47.0 Å². The van der Waals surface area contributed by atoms with E-state index in [-0.39, 0.29) is 5.91 Å². The van der Waals surface area contributed by atoms with Gasteiger partial charge in [0.25, 0.3) is 5.91 Å². The van der Waals surface area contributed by atoms with Crippen molar-refractivity contribution >= 4 is 5.91 Å². The average molecular weight is 276 g/mol. The number of amides is 1. The molecular formula is C15H24N4O. The van der Waals surface area contributed by atoms with Gasteiger partial charge in [0.05, 0.1) is 5.56 Å². The van der Waals surface area contributed by atoms with E-state index in [4.69, 9.17) is 0 Å². The van der Waals surface area contributed by atoms with Crippen molar-refractivity contribution in [2.45, 2.75) is 32.6 Å². The Morgan fingerprint density at radius 2 is 2.05 bits per heavy atom. The maximum Gasteiger partial charge on any atom is 0.254 e. The first-order valence-electron chi connectivity index (χ1n) is 7.55. The van der Waals surface area contributed by atoms with Gasteiger partial charge in [0, 0.05) is 18.9 Å². The predicted octanol–water partition coefficient (Wildman–Crippen LogP) is 1.72. The number of likely N-dealkylation sites (tertiary alicyclic amines) is 1. The number of carbonyl (C=O) groups excluding carboxylic acids is 1. The van der Waals surface area contributed by atoms with Crippen molar-refractivity contribution in [1.82, 2.24) is 20.2 Å². The van der Waals surface area contributed by atoms with Crippen molar-refractivity contribution in [2.75, 3.05) is 26.2 Å². The van der Waals surface area contributed by atoms with Crippen molar-refractivity contribution < 1.29 is 4.79 Å². The summed E-state index contributed by atoms with van der Waals surface area (Å²) in [5.41, 5.74) is 0.533. The molecule has 110 valence electrons. The molecule has 0 bridgehead atoms. The van der Waals surface area contributed by atoms with E-state index >= 15 is 0 Å². The molecular weight excluding hydrogens is 252 g/mol. The maximum atomic E-state index is 11.8. The Bertz CT molecular complexity index is 402. The molecule has 0 atom stereocenters. The van der Waals surface area contributed by atoms with Crippen LogP contribution >= 0.6 is 0 Å². The Labute approximate surface area is 120 Å². The van der Waals surface area contributed by atoms with Crippen LogP contribution in [0.5, 0.6) is 0 Å². The molecule has 0 aliphatic carbocycles. The van der Waals surface area contributed by atoms with E-state index in [0.29, 0.717) is 5.56 Å². The molecule has 5 nitrogen and oxygen atoms in total. The van der Waals surface area contributed by atoms with Crippen LogP contribution in [0, 0.1) is 5.92 Å². The molecule has 1 N–H and O–H groups in total. The first kappa shape index (κ1) is 14.9. The molecule has 1 fully saturated rings. The molecule has 0 radical (unpaired) electrons. The Kier molecular flexibility index (Phi) is 5.92. The molecule has 2 heterocycles. The number of nitrogens with zero attached hydrogens (tertiary/aromatic N) is 3. The molecule has 2 rings (SSSR count). The lowest BCUT2D eigenvalue weighted by atomic mass is 9.93. The molecule has 0 spiro atoms. The van der Waals surface area contributed by atoms with Crippen LogP contribution in [0.15, 0.2) is 18.7 Å². The van der Waals surface area contributed by atoms with E-state index in [2.05, 4.69) is 27.1 Å². The summed E-state index contributed by atoms with van der Waals surface area (Å²) in [4.78, 5) is 22.1. The minimum Gasteiger partial charge on any atom is -0.352 e. The van der Waals surface area contributed by atoms with Gasteiger partial charge in [0.15, 0.2) is 0 Å². The zero-order valence-corrected chi connectivity index (χ0v) is 12.2. The zero-order chi connectivity index (χ0) is 14.2. The number of carbonyl (C=O) groups is 1. The minimum atomic E-state index is -0.0750. The molecule has 1 aromatic rings. The van der Waals surface area contributed by atoms with Gasteiger partial charge >= 0.3 is 0 Å². The van der Waals surface area contributed by atoms with Gasteiger partial charge in [-0.3, -0.25) is 4.79 Å². The molecule has 1 amide bonds. The highest BCUT2D eigenvalue weighted by Gasteiger charge is 2.18. The Balaban J connectivity index is 1.63. The number of piperidine rings is 1. The van der Waals surface area contributed by atoms with Crippen molar-refractivity contribution in [2.24, 2.45) is 5.92 Å². The van der Waals surface area contributed by atoms with Crippen LogP contribution in [0.3, 0.4) is 0 Å². The highest BCUT2D eigenvalue weighted by molar-refractivity contribution is 5.93. The fourth-order valence-electron chi connectivity index (χ4n) is 2.72. The molecule has 1 aliphatic heterocycles. The van der Waals surface area contributed by atoms with Gasteiger partial charge in [-0.05, 0) is 51.2 Å². The molecule has 20 heavy (non-hydrogen) atoms. The highest BCUT2D eigenvalue weighted by atomic mass is 16.1. The summed E-state index contributed by atoms with van der Waals surface area (Å²) in [5, 5.41) is 2.95. The predicted molar refractivity (Wildman–Crippen MR) is 78.4 cm³/mol. The number of rotatable bonds is 6. The molecule has 1 saturated heterocycles. The number of hydrogen-bond acceptors (Lipinski definition) is 4. The van der Waals surface area contributed by atoms with Crippen LogP contribution < -0.4 is 5.32 Å². The third-order valence-electron chi connectivity index (χ3n) is 3.91. The number of aromatic nitrogens is 2. The van der Waals surface area contributed by atoms with Gasteiger partial charge < -0.3 is 10.2 Å². The number of nitrogens with one attached hydrogen (secondary N) is 1. The summed E-state index contributed by atoms with van der Waals surface area (Å²) >= 11 is 0. The SMILES string of the molecule is CCCN1CCC(CCNC(=O)c2cncnc2)CC1. The van der Waals surface area contributed by atoms with E-state index in [0.717, 1.165) is 18.9 Å². The Morgan fingerprint density at radius 1 is 1.35 bits per heavy atom. The zero-order valence-electron chi connectivity index (χ0n) is 12.2. The minimum absolute atomic E-state index is 0.0750. The smallest absolute Gasteiger partial charge is 0.254 e. The molecule has 1 aromatic heterocycles. The van der Waals surface area contributed by atoms with Crippen molar-refractivity contribution in [3.63, 3.8) is 0 Å². The largest absolute Gasteiger partial charge is 0.352 e. The van der Waals surface area contributed by atoms with E-state index in [1.54, 1.807) is 12.4 Å². The van der Waals surface area contributed by atoms with E-state index in [1.165, 1.54) is 45.2 Å². The average Bonchev–Trinajstić information content (AvgIpc) is 2.50. The van der Waals surface area contributed by atoms with Crippen molar-refractivity contribution in [3.05, 3.63) is 24.3 Å². The number of hydrogen-bond donors (Lipinski definition) is 1. The van der Waals surface area contributed by atoms with E-state index < -0.39 is 0 Å². The Morgan fingerprint density at radius 3 is 2.70 bits per heavy atom. The van der Waals surface area contributed by atoms with Gasteiger partial charge in [0.1, 0.15) is 6.33 Å². The van der Waals surface area contributed by atoms with Crippen molar-refractivity contribution in [3.8, 4) is 0 Å². The summed E-state index contributed by atoms with van der Waals surface area (Å²) in [5.74, 6) is 0.671. The third kappa shape index (κ3) is 4.56. The second kappa shape index (κ2) is 7.94. The topological polar surface area (TPSA) is 58.1 Å². The fraction of sp³-hybridized carbons (Fsp3) is 0.667. The van der Waals surface area contributed by atoms with Gasteiger partial charge in [-0.25, -0.2) is 9.97 Å². The lowest BCUT2D eigenvalue weighted by Crippen LogP contribution is -2.35. The second-order valence-corrected chi connectivity index (χ2v) is 5.46. The lowest BCUT2D eigenvalue weighted by Gasteiger charge is -2.31. The van der Waals surface area contributed by atoms with Crippen LogP contribution in [-0.2, 0) is 0 Å². The Hall–Kier alpha value is -1.49. The summed E-state index contributed by atoms with van der Waals surface area (Å²) in [6, 6.07) is 0. The summed E-state index contributed by atoms with van der Waals surface area (Å²) in [7, 11) is 0. The first-order chi connectivity index (χ1) is 9.79. The molecule has 0 unspecified atom stereocenters. The first-order valence-corrected chi connectivity index (χ1v) is 7.55. The van der Waals surface area contributed by atoms with Gasteiger partial charge in [-0.1, -0.05) is 6.92 Å². The second-order valence-electron chi connectivity index (χ2n) is 5.46. The summed E-state index contributed by atoms with van der Waals surface area (Å²) in [6.45, 7) is 6.61. The van der Waals surface area contributed by atoms with E-state index in [1.807, 2.05) is 0 Å². The van der Waals surface area contributed by atoms with Crippen LogP contribution in [0.25, 0.3) is 0 Å². The standard InChI is InChI=1S/C15H24N4O/c1-2-7-19-8-4-13(5-9-19)3-6-18-15(20)14-10-16-12-17-11-14/h10-13H,2-9H2,1H3,(H,18,20). The summed E-state index contributed by atoms with van der Waals surface area (Å²) in [6.07, 6.45) is 9.34. The summed E-state index contributed by atoms with van der Waals surface area (Å²) < 4.78 is 0. The third-order valence-corrected chi connectivity index (χ3v) is 3.91. The van der Waals surface area contributed by atoms with E-state index in [9.17, 15) is 4.79 Å². The monoisotopic (exact) mass is 276 g/mol. The van der Waals surface area contributed by atoms with Gasteiger partial charge in [0.2, 0.25) is 0 Å². The molecule has 0 saturated carbocycles. The van der Waals surface area contributed by atoms with Gasteiger partial charge in [-0.15, -0.1) is 0 Å². The maximum absolute atomic E-state index is 11.8. The van der Waals surface area contributed by atoms with Crippen LogP contribution in [0.4, 0.5) is 0 Å². The van der Waals surface area contributed by atoms with Crippen LogP contribution in [0.2, 0.25) is 0 Å². The molecule has 0 aromatic carbocycles. The van der Waals surface area contributed by atoms with Gasteiger partial charge in [-0.2, -0.15) is 0 Å². The fourth-order valence-corrected chi connectivity index (χ4v) is 2.72.